The molecule has 100 valence electrons. The van der Waals surface area contributed by atoms with Gasteiger partial charge in [0.05, 0.1) is 5.56 Å². The molecule has 0 aromatic heterocycles. The highest BCUT2D eigenvalue weighted by Crippen LogP contribution is 2.21. The van der Waals surface area contributed by atoms with E-state index in [9.17, 15) is 15.0 Å². The lowest BCUT2D eigenvalue weighted by molar-refractivity contribution is 0.0949. The highest BCUT2D eigenvalue weighted by Gasteiger charge is 2.11. The Morgan fingerprint density at radius 2 is 2.17 bits per heavy atom. The molecule has 1 rings (SSSR count). The third kappa shape index (κ3) is 4.25. The summed E-state index contributed by atoms with van der Waals surface area (Å²) in [6.07, 6.45) is 1.78. The summed E-state index contributed by atoms with van der Waals surface area (Å²) in [5.41, 5.74) is 5.58. The molecule has 0 aliphatic heterocycles. The number of carbonyl (C=O) groups is 1. The van der Waals surface area contributed by atoms with Crippen LogP contribution >= 0.6 is 0 Å². The van der Waals surface area contributed by atoms with Crippen molar-refractivity contribution in [3.05, 3.63) is 23.8 Å². The first-order valence-corrected chi connectivity index (χ1v) is 6.05. The van der Waals surface area contributed by atoms with Gasteiger partial charge in [0.15, 0.2) is 0 Å². The van der Waals surface area contributed by atoms with Crippen molar-refractivity contribution >= 4 is 5.91 Å². The molecule has 5 heteroatoms. The van der Waals surface area contributed by atoms with Crippen molar-refractivity contribution in [1.29, 1.82) is 0 Å². The number of phenols is 2. The van der Waals surface area contributed by atoms with Gasteiger partial charge >= 0.3 is 0 Å². The lowest BCUT2D eigenvalue weighted by Crippen LogP contribution is -2.25. The van der Waals surface area contributed by atoms with Gasteiger partial charge < -0.3 is 21.3 Å². The molecule has 0 aliphatic carbocycles. The summed E-state index contributed by atoms with van der Waals surface area (Å²) in [7, 11) is 0. The van der Waals surface area contributed by atoms with E-state index in [1.165, 1.54) is 18.2 Å². The summed E-state index contributed by atoms with van der Waals surface area (Å²) in [6, 6.07) is 3.86. The molecule has 0 radical (unpaired) electrons. The second-order valence-corrected chi connectivity index (χ2v) is 4.44. The number of amides is 1. The van der Waals surface area contributed by atoms with Crippen LogP contribution in [0.15, 0.2) is 18.2 Å². The van der Waals surface area contributed by atoms with Gasteiger partial charge in [0.1, 0.15) is 11.5 Å². The average Bonchev–Trinajstić information content (AvgIpc) is 2.36. The molecule has 0 spiro atoms. The van der Waals surface area contributed by atoms with Gasteiger partial charge in [-0.3, -0.25) is 4.79 Å². The zero-order chi connectivity index (χ0) is 13.5. The Balaban J connectivity index is 2.43. The van der Waals surface area contributed by atoms with E-state index in [0.717, 1.165) is 12.8 Å². The number of hydrogen-bond donors (Lipinski definition) is 4. The van der Waals surface area contributed by atoms with Crippen LogP contribution in [0.3, 0.4) is 0 Å². The minimum absolute atomic E-state index is 0.0466. The Morgan fingerprint density at radius 1 is 1.44 bits per heavy atom. The Hall–Kier alpha value is -1.75. The van der Waals surface area contributed by atoms with Crippen molar-refractivity contribution in [2.24, 2.45) is 11.7 Å². The van der Waals surface area contributed by atoms with Gasteiger partial charge in [0.2, 0.25) is 0 Å². The van der Waals surface area contributed by atoms with Gasteiger partial charge in [0, 0.05) is 6.54 Å². The van der Waals surface area contributed by atoms with Crippen LogP contribution in [-0.2, 0) is 0 Å². The topological polar surface area (TPSA) is 95.6 Å². The fourth-order valence-electron chi connectivity index (χ4n) is 1.57. The zero-order valence-electron chi connectivity index (χ0n) is 10.5. The molecular formula is C13H20N2O3. The minimum atomic E-state index is -0.385. The first kappa shape index (κ1) is 14.3. The predicted octanol–water partition coefficient (Wildman–Crippen LogP) is 1.20. The molecule has 1 atom stereocenters. The summed E-state index contributed by atoms with van der Waals surface area (Å²) in [6.45, 7) is 3.22. The van der Waals surface area contributed by atoms with Crippen molar-refractivity contribution in [1.82, 2.24) is 5.32 Å². The Kier molecular flexibility index (Phi) is 5.45. The van der Waals surface area contributed by atoms with E-state index in [0.29, 0.717) is 19.0 Å². The van der Waals surface area contributed by atoms with Gasteiger partial charge in [0.25, 0.3) is 5.91 Å². The molecule has 1 amide bonds. The Bertz CT molecular complexity index is 407. The van der Waals surface area contributed by atoms with E-state index in [4.69, 9.17) is 5.73 Å². The van der Waals surface area contributed by atoms with Crippen molar-refractivity contribution in [3.63, 3.8) is 0 Å². The maximum Gasteiger partial charge on any atom is 0.255 e. The molecule has 0 bridgehead atoms. The van der Waals surface area contributed by atoms with E-state index in [1.807, 2.05) is 0 Å². The second kappa shape index (κ2) is 6.86. The highest BCUT2D eigenvalue weighted by atomic mass is 16.3. The highest BCUT2D eigenvalue weighted by molar-refractivity contribution is 5.97. The second-order valence-electron chi connectivity index (χ2n) is 4.44. The number of rotatable bonds is 6. The summed E-state index contributed by atoms with van der Waals surface area (Å²) in [5.74, 6) is -0.129. The zero-order valence-corrected chi connectivity index (χ0v) is 10.5. The molecule has 5 nitrogen and oxygen atoms in total. The predicted molar refractivity (Wildman–Crippen MR) is 69.6 cm³/mol. The van der Waals surface area contributed by atoms with Crippen LogP contribution in [0.25, 0.3) is 0 Å². The molecule has 1 unspecified atom stereocenters. The third-order valence-electron chi connectivity index (χ3n) is 2.79. The van der Waals surface area contributed by atoms with Crippen LogP contribution < -0.4 is 11.1 Å². The lowest BCUT2D eigenvalue weighted by atomic mass is 10.1. The number of hydrogen-bond acceptors (Lipinski definition) is 4. The van der Waals surface area contributed by atoms with Crippen LogP contribution in [0.2, 0.25) is 0 Å². The third-order valence-corrected chi connectivity index (χ3v) is 2.79. The van der Waals surface area contributed by atoms with E-state index in [1.54, 1.807) is 0 Å². The lowest BCUT2D eigenvalue weighted by Gasteiger charge is -2.09. The van der Waals surface area contributed by atoms with Gasteiger partial charge in [-0.05, 0) is 43.5 Å². The number of aromatic hydroxyl groups is 2. The first-order chi connectivity index (χ1) is 8.54. The van der Waals surface area contributed by atoms with Crippen molar-refractivity contribution in [2.45, 2.75) is 19.8 Å². The van der Waals surface area contributed by atoms with Crippen LogP contribution in [0, 0.1) is 5.92 Å². The molecule has 1 aromatic carbocycles. The standard InChI is InChI=1S/C13H20N2O3/c1-9(8-14)3-2-6-15-13(18)11-7-10(16)4-5-12(11)17/h4-5,7,9,16-17H,2-3,6,8,14H2,1H3,(H,15,18). The molecule has 0 saturated heterocycles. The van der Waals surface area contributed by atoms with Gasteiger partial charge in [-0.2, -0.15) is 0 Å². The first-order valence-electron chi connectivity index (χ1n) is 6.05. The number of nitrogens with one attached hydrogen (secondary N) is 1. The summed E-state index contributed by atoms with van der Waals surface area (Å²) < 4.78 is 0. The van der Waals surface area contributed by atoms with Crippen LogP contribution in [0.4, 0.5) is 0 Å². The van der Waals surface area contributed by atoms with Gasteiger partial charge in [-0.15, -0.1) is 0 Å². The quantitative estimate of drug-likeness (QED) is 0.452. The molecular weight excluding hydrogens is 232 g/mol. The molecule has 5 N–H and O–H groups in total. The smallest absolute Gasteiger partial charge is 0.255 e. The molecule has 0 aliphatic rings. The maximum absolute atomic E-state index is 11.7. The van der Waals surface area contributed by atoms with E-state index >= 15 is 0 Å². The SMILES string of the molecule is CC(CN)CCCNC(=O)c1cc(O)ccc1O. The van der Waals surface area contributed by atoms with Crippen LogP contribution in [0.5, 0.6) is 11.5 Å². The molecule has 18 heavy (non-hydrogen) atoms. The molecule has 0 saturated carbocycles. The van der Waals surface area contributed by atoms with Crippen molar-refractivity contribution in [2.75, 3.05) is 13.1 Å². The monoisotopic (exact) mass is 252 g/mol. The number of nitrogens with two attached hydrogens (primary N) is 1. The van der Waals surface area contributed by atoms with Gasteiger partial charge in [-0.1, -0.05) is 6.92 Å². The van der Waals surface area contributed by atoms with Crippen molar-refractivity contribution < 1.29 is 15.0 Å². The number of phenolic OH excluding ortho intramolecular Hbond substituents is 2. The van der Waals surface area contributed by atoms with Crippen molar-refractivity contribution in [3.8, 4) is 11.5 Å². The average molecular weight is 252 g/mol. The van der Waals surface area contributed by atoms with E-state index < -0.39 is 0 Å². The van der Waals surface area contributed by atoms with Crippen LogP contribution in [0.1, 0.15) is 30.1 Å². The molecule has 1 aromatic rings. The summed E-state index contributed by atoms with van der Waals surface area (Å²) in [4.78, 5) is 11.7. The van der Waals surface area contributed by atoms with Crippen LogP contribution in [-0.4, -0.2) is 29.2 Å². The largest absolute Gasteiger partial charge is 0.508 e. The summed E-state index contributed by atoms with van der Waals surface area (Å²) in [5, 5.41) is 21.5. The molecule has 0 fully saturated rings. The summed E-state index contributed by atoms with van der Waals surface area (Å²) >= 11 is 0. The van der Waals surface area contributed by atoms with E-state index in [2.05, 4.69) is 12.2 Å². The normalized spacial score (nSPS) is 12.1. The minimum Gasteiger partial charge on any atom is -0.508 e. The van der Waals surface area contributed by atoms with Gasteiger partial charge in [-0.25, -0.2) is 0 Å². The van der Waals surface area contributed by atoms with E-state index in [-0.39, 0.29) is 23.0 Å². The molecule has 0 heterocycles. The number of benzene rings is 1. The Morgan fingerprint density at radius 3 is 2.83 bits per heavy atom. The number of carbonyl (C=O) groups excluding carboxylic acids is 1. The maximum atomic E-state index is 11.7. The fraction of sp³-hybridized carbons (Fsp3) is 0.462. The Labute approximate surface area is 107 Å². The fourth-order valence-corrected chi connectivity index (χ4v) is 1.57.